The number of anilines is 2. The predicted molar refractivity (Wildman–Crippen MR) is 103 cm³/mol. The third-order valence-electron chi connectivity index (χ3n) is 5.20. The summed E-state index contributed by atoms with van der Waals surface area (Å²) in [5, 5.41) is 0. The van der Waals surface area contributed by atoms with E-state index >= 15 is 0 Å². The zero-order valence-electron chi connectivity index (χ0n) is 16.4. The Morgan fingerprint density at radius 2 is 1.81 bits per heavy atom. The van der Waals surface area contributed by atoms with Crippen LogP contribution in [0.4, 0.5) is 16.6 Å². The van der Waals surface area contributed by atoms with E-state index in [9.17, 15) is 9.59 Å². The molecule has 0 aromatic carbocycles. The molecule has 9 nitrogen and oxygen atoms in total. The number of nitrogens with zero attached hydrogens (tertiary/aromatic N) is 6. The Hall–Kier alpha value is -2.58. The summed E-state index contributed by atoms with van der Waals surface area (Å²) in [6, 6.07) is 1.90. The summed E-state index contributed by atoms with van der Waals surface area (Å²) in [4.78, 5) is 41.0. The van der Waals surface area contributed by atoms with Crippen molar-refractivity contribution in [3.8, 4) is 0 Å². The molecule has 2 aliphatic rings. The van der Waals surface area contributed by atoms with Crippen molar-refractivity contribution in [3.05, 3.63) is 11.8 Å². The van der Waals surface area contributed by atoms with Gasteiger partial charge in [-0.25, -0.2) is 9.78 Å². The second-order valence-electron chi connectivity index (χ2n) is 7.50. The van der Waals surface area contributed by atoms with Crippen LogP contribution in [-0.4, -0.2) is 90.0 Å². The normalized spacial score (nSPS) is 20.6. The van der Waals surface area contributed by atoms with Gasteiger partial charge in [-0.2, -0.15) is 4.98 Å². The second-order valence-corrected chi connectivity index (χ2v) is 7.50. The highest BCUT2D eigenvalue weighted by Gasteiger charge is 2.33. The van der Waals surface area contributed by atoms with Crippen LogP contribution in [-0.2, 0) is 4.79 Å². The number of rotatable bonds is 2. The molecule has 3 rings (SSSR count). The number of urea groups is 1. The van der Waals surface area contributed by atoms with E-state index < -0.39 is 0 Å². The summed E-state index contributed by atoms with van der Waals surface area (Å²) < 4.78 is 0. The molecule has 0 saturated carbocycles. The molecule has 0 aliphatic carbocycles. The molecule has 1 atom stereocenters. The largest absolute Gasteiger partial charge is 0.368 e. The molecule has 2 N–H and O–H groups in total. The van der Waals surface area contributed by atoms with Gasteiger partial charge in [0.05, 0.1) is 5.92 Å². The number of hydrogen-bond donors (Lipinski definition) is 1. The minimum atomic E-state index is -0.105. The molecule has 0 radical (unpaired) electrons. The van der Waals surface area contributed by atoms with Gasteiger partial charge in [-0.1, -0.05) is 0 Å². The van der Waals surface area contributed by atoms with Crippen LogP contribution in [0.15, 0.2) is 6.07 Å². The molecule has 1 aromatic heterocycles. The molecular weight excluding hydrogens is 346 g/mol. The summed E-state index contributed by atoms with van der Waals surface area (Å²) in [5.74, 6) is 1.14. The SMILES string of the molecule is Cc1cc(N2CCN(C(=O)[C@H]3CCCN(C(=O)N(C)C)C3)CC2)nc(N)n1. The average Bonchev–Trinajstić information content (AvgIpc) is 2.66. The Morgan fingerprint density at radius 3 is 2.44 bits per heavy atom. The lowest BCUT2D eigenvalue weighted by Gasteiger charge is -2.39. The first-order chi connectivity index (χ1) is 12.8. The Balaban J connectivity index is 1.57. The van der Waals surface area contributed by atoms with Crippen LogP contribution in [0.25, 0.3) is 0 Å². The van der Waals surface area contributed by atoms with Crippen molar-refractivity contribution in [2.75, 3.05) is 64.0 Å². The molecule has 0 unspecified atom stereocenters. The minimum absolute atomic E-state index is 0.0194. The van der Waals surface area contributed by atoms with E-state index in [2.05, 4.69) is 14.9 Å². The highest BCUT2D eigenvalue weighted by molar-refractivity contribution is 5.81. The smallest absolute Gasteiger partial charge is 0.319 e. The maximum Gasteiger partial charge on any atom is 0.319 e. The summed E-state index contributed by atoms with van der Waals surface area (Å²) in [6.07, 6.45) is 1.72. The molecule has 3 amide bonds. The van der Waals surface area contributed by atoms with Gasteiger partial charge in [-0.15, -0.1) is 0 Å². The molecule has 27 heavy (non-hydrogen) atoms. The van der Waals surface area contributed by atoms with Crippen molar-refractivity contribution in [2.45, 2.75) is 19.8 Å². The molecule has 148 valence electrons. The first kappa shape index (κ1) is 19.2. The lowest BCUT2D eigenvalue weighted by Crippen LogP contribution is -2.54. The summed E-state index contributed by atoms with van der Waals surface area (Å²) >= 11 is 0. The Morgan fingerprint density at radius 1 is 1.11 bits per heavy atom. The summed E-state index contributed by atoms with van der Waals surface area (Å²) in [7, 11) is 3.49. The van der Waals surface area contributed by atoms with E-state index in [1.807, 2.05) is 17.9 Å². The standard InChI is InChI=1S/C18H29N7O2/c1-13-11-15(21-17(19)20-13)23-7-9-24(10-8-23)16(26)14-5-4-6-25(12-14)18(27)22(2)3/h11,14H,4-10,12H2,1-3H3,(H2,19,20,21)/t14-/m0/s1. The van der Waals surface area contributed by atoms with Gasteiger partial charge < -0.3 is 25.3 Å². The summed E-state index contributed by atoms with van der Waals surface area (Å²) in [6.45, 7) is 5.87. The monoisotopic (exact) mass is 375 g/mol. The molecule has 2 fully saturated rings. The third-order valence-corrected chi connectivity index (χ3v) is 5.20. The minimum Gasteiger partial charge on any atom is -0.368 e. The maximum absolute atomic E-state index is 13.0. The lowest BCUT2D eigenvalue weighted by molar-refractivity contribution is -0.137. The molecular formula is C18H29N7O2. The highest BCUT2D eigenvalue weighted by Crippen LogP contribution is 2.22. The van der Waals surface area contributed by atoms with Gasteiger partial charge in [0.1, 0.15) is 5.82 Å². The second kappa shape index (κ2) is 7.98. The van der Waals surface area contributed by atoms with E-state index in [-0.39, 0.29) is 23.8 Å². The molecule has 2 saturated heterocycles. The first-order valence-electron chi connectivity index (χ1n) is 9.46. The van der Waals surface area contributed by atoms with Gasteiger partial charge in [-0.05, 0) is 19.8 Å². The van der Waals surface area contributed by atoms with E-state index in [4.69, 9.17) is 5.73 Å². The fourth-order valence-electron chi connectivity index (χ4n) is 3.79. The number of piperazine rings is 1. The highest BCUT2D eigenvalue weighted by atomic mass is 16.2. The van der Waals surface area contributed by atoms with Gasteiger partial charge in [0.25, 0.3) is 0 Å². The Labute approximate surface area is 160 Å². The number of likely N-dealkylation sites (tertiary alicyclic amines) is 1. The van der Waals surface area contributed by atoms with Crippen LogP contribution >= 0.6 is 0 Å². The van der Waals surface area contributed by atoms with Crippen molar-refractivity contribution >= 4 is 23.7 Å². The van der Waals surface area contributed by atoms with E-state index in [1.165, 1.54) is 0 Å². The van der Waals surface area contributed by atoms with E-state index in [0.29, 0.717) is 32.7 Å². The predicted octanol–water partition coefficient (Wildman–Crippen LogP) is 0.409. The van der Waals surface area contributed by atoms with Crippen molar-refractivity contribution < 1.29 is 9.59 Å². The molecule has 9 heteroatoms. The molecule has 1 aromatic rings. The number of aromatic nitrogens is 2. The van der Waals surface area contributed by atoms with Gasteiger partial charge in [-0.3, -0.25) is 4.79 Å². The fraction of sp³-hybridized carbons (Fsp3) is 0.667. The molecule has 2 aliphatic heterocycles. The third kappa shape index (κ3) is 4.40. The molecule has 3 heterocycles. The van der Waals surface area contributed by atoms with E-state index in [1.54, 1.807) is 23.9 Å². The molecule has 0 spiro atoms. The van der Waals surface area contributed by atoms with Crippen LogP contribution in [0.3, 0.4) is 0 Å². The van der Waals surface area contributed by atoms with Crippen LogP contribution in [0.1, 0.15) is 18.5 Å². The zero-order chi connectivity index (χ0) is 19.6. The number of carbonyl (C=O) groups excluding carboxylic acids is 2. The average molecular weight is 375 g/mol. The quantitative estimate of drug-likeness (QED) is 0.804. The van der Waals surface area contributed by atoms with Crippen molar-refractivity contribution in [3.63, 3.8) is 0 Å². The van der Waals surface area contributed by atoms with Crippen molar-refractivity contribution in [1.29, 1.82) is 0 Å². The Kier molecular flexibility index (Phi) is 5.67. The number of aryl methyl sites for hydroxylation is 1. The van der Waals surface area contributed by atoms with Gasteiger partial charge in [0.15, 0.2) is 0 Å². The maximum atomic E-state index is 13.0. The number of nitrogens with two attached hydrogens (primary N) is 1. The van der Waals surface area contributed by atoms with Crippen LogP contribution in [0, 0.1) is 12.8 Å². The summed E-state index contributed by atoms with van der Waals surface area (Å²) in [5.41, 5.74) is 6.59. The van der Waals surface area contributed by atoms with Crippen molar-refractivity contribution in [1.82, 2.24) is 24.7 Å². The zero-order valence-corrected chi connectivity index (χ0v) is 16.4. The fourth-order valence-corrected chi connectivity index (χ4v) is 3.79. The number of hydrogen-bond acceptors (Lipinski definition) is 6. The lowest BCUT2D eigenvalue weighted by atomic mass is 9.96. The first-order valence-corrected chi connectivity index (χ1v) is 9.46. The van der Waals surface area contributed by atoms with Gasteiger partial charge >= 0.3 is 6.03 Å². The van der Waals surface area contributed by atoms with E-state index in [0.717, 1.165) is 30.9 Å². The number of carbonyl (C=O) groups is 2. The van der Waals surface area contributed by atoms with Gasteiger partial charge in [0, 0.05) is 65.1 Å². The van der Waals surface area contributed by atoms with Crippen LogP contribution < -0.4 is 10.6 Å². The number of nitrogen functional groups attached to an aromatic ring is 1. The van der Waals surface area contributed by atoms with Gasteiger partial charge in [0.2, 0.25) is 11.9 Å². The topological polar surface area (TPSA) is 98.9 Å². The number of amides is 3. The number of piperidine rings is 1. The molecule has 0 bridgehead atoms. The van der Waals surface area contributed by atoms with Crippen LogP contribution in [0.2, 0.25) is 0 Å². The van der Waals surface area contributed by atoms with Crippen molar-refractivity contribution in [2.24, 2.45) is 5.92 Å². The van der Waals surface area contributed by atoms with Crippen LogP contribution in [0.5, 0.6) is 0 Å². The Bertz CT molecular complexity index is 681.